The first kappa shape index (κ1) is 56.3. The summed E-state index contributed by atoms with van der Waals surface area (Å²) in [6.07, 6.45) is 4.28. The molecule has 1 heterocycles. The molecule has 5 aromatic rings. The van der Waals surface area contributed by atoms with Gasteiger partial charge in [-0.25, -0.2) is 9.59 Å². The van der Waals surface area contributed by atoms with E-state index in [1.165, 1.54) is 17.5 Å². The number of rotatable bonds is 24. The number of hydrogen-bond donors (Lipinski definition) is 0. The van der Waals surface area contributed by atoms with E-state index in [9.17, 15) is 9.59 Å². The van der Waals surface area contributed by atoms with Gasteiger partial charge < -0.3 is 37.6 Å². The molecule has 0 bridgehead atoms. The molecule has 386 valence electrons. The number of benzene rings is 5. The monoisotopic (exact) mass is 1030 g/mol. The summed E-state index contributed by atoms with van der Waals surface area (Å²) in [5.41, 5.74) is 1.85. The first-order chi connectivity index (χ1) is 34.3. The number of thioether (sulfide) groups is 1. The Balaban J connectivity index is 1.35. The van der Waals surface area contributed by atoms with Crippen molar-refractivity contribution in [3.8, 4) is 11.5 Å². The SMILES string of the molecule is COC(=O)c1cc(OC)cc(C(CC[C@@H]2OC(C)(C)O[C@@H]2C(/C=C\C[C@H](C)O[Si](c2ccccc2)(c2ccccc2)C(C)(C)C)OCc2ccc(OC)cc2)Sc2ccccc2)c1C(=O)OCC[Si](C)(C)C. The fourth-order valence-electron chi connectivity index (χ4n) is 9.27. The third-order valence-electron chi connectivity index (χ3n) is 12.9. The van der Waals surface area contributed by atoms with E-state index in [4.69, 9.17) is 37.6 Å². The van der Waals surface area contributed by atoms with Crippen LogP contribution in [0.4, 0.5) is 0 Å². The summed E-state index contributed by atoms with van der Waals surface area (Å²) in [5.74, 6) is -0.978. The van der Waals surface area contributed by atoms with E-state index in [1.807, 2.05) is 74.5 Å². The van der Waals surface area contributed by atoms with Crippen molar-refractivity contribution in [1.82, 2.24) is 0 Å². The summed E-state index contributed by atoms with van der Waals surface area (Å²) < 4.78 is 50.5. The van der Waals surface area contributed by atoms with Gasteiger partial charge in [0.15, 0.2) is 5.79 Å². The second-order valence-corrected chi connectivity index (χ2v) is 32.2. The minimum absolute atomic E-state index is 0.0910. The van der Waals surface area contributed by atoms with Gasteiger partial charge in [0.05, 0.1) is 51.8 Å². The van der Waals surface area contributed by atoms with Gasteiger partial charge in [0.1, 0.15) is 23.7 Å². The summed E-state index contributed by atoms with van der Waals surface area (Å²) in [5, 5.41) is 1.91. The van der Waals surface area contributed by atoms with E-state index in [2.05, 4.69) is 120 Å². The van der Waals surface area contributed by atoms with Crippen LogP contribution < -0.4 is 19.8 Å². The molecule has 0 saturated carbocycles. The molecule has 0 N–H and O–H groups in total. The molecule has 0 radical (unpaired) electrons. The summed E-state index contributed by atoms with van der Waals surface area (Å²) in [7, 11) is 0.136. The molecule has 13 heteroatoms. The molecule has 6 rings (SSSR count). The highest BCUT2D eigenvalue weighted by molar-refractivity contribution is 7.99. The maximum atomic E-state index is 14.3. The molecule has 1 aliphatic heterocycles. The highest BCUT2D eigenvalue weighted by atomic mass is 32.2. The predicted molar refractivity (Wildman–Crippen MR) is 294 cm³/mol. The molecule has 0 amide bonds. The van der Waals surface area contributed by atoms with E-state index >= 15 is 0 Å². The fourth-order valence-corrected chi connectivity index (χ4v) is 15.9. The molecule has 2 unspecified atom stereocenters. The first-order valence-electron chi connectivity index (χ1n) is 25.0. The van der Waals surface area contributed by atoms with E-state index in [-0.39, 0.29) is 34.1 Å². The Morgan fingerprint density at radius 1 is 0.778 bits per heavy atom. The Kier molecular flexibility index (Phi) is 19.8. The van der Waals surface area contributed by atoms with Gasteiger partial charge in [-0.05, 0) is 109 Å². The van der Waals surface area contributed by atoms with Crippen LogP contribution >= 0.6 is 11.8 Å². The highest BCUT2D eigenvalue weighted by Gasteiger charge is 2.51. The summed E-state index contributed by atoms with van der Waals surface area (Å²) in [6, 6.07) is 43.5. The second kappa shape index (κ2) is 25.3. The number of ether oxygens (including phenoxy) is 7. The van der Waals surface area contributed by atoms with Gasteiger partial charge >= 0.3 is 11.9 Å². The maximum Gasteiger partial charge on any atom is 0.339 e. The number of hydrogen-bond acceptors (Lipinski definition) is 11. The molecule has 1 saturated heterocycles. The Hall–Kier alpha value is -5.00. The summed E-state index contributed by atoms with van der Waals surface area (Å²) >= 11 is 1.60. The fraction of sp³-hybridized carbons (Fsp3) is 0.424. The second-order valence-electron chi connectivity index (χ2n) is 21.1. The molecule has 1 aliphatic rings. The van der Waals surface area contributed by atoms with Crippen LogP contribution in [-0.2, 0) is 34.7 Å². The minimum Gasteiger partial charge on any atom is -0.497 e. The van der Waals surface area contributed by atoms with Crippen molar-refractivity contribution in [2.24, 2.45) is 0 Å². The Bertz CT molecular complexity index is 2490. The van der Waals surface area contributed by atoms with Gasteiger partial charge in [0.2, 0.25) is 0 Å². The molecule has 0 aromatic heterocycles. The number of carbonyl (C=O) groups excluding carboxylic acids is 2. The number of esters is 2. The van der Waals surface area contributed by atoms with Crippen LogP contribution in [0.5, 0.6) is 11.5 Å². The van der Waals surface area contributed by atoms with Crippen LogP contribution in [0.25, 0.3) is 0 Å². The van der Waals surface area contributed by atoms with Gasteiger partial charge in [-0.1, -0.05) is 144 Å². The zero-order valence-electron chi connectivity index (χ0n) is 44.4. The molecule has 5 atom stereocenters. The van der Waals surface area contributed by atoms with E-state index in [0.717, 1.165) is 22.3 Å². The quantitative estimate of drug-likeness (QED) is 0.0255. The van der Waals surface area contributed by atoms with Crippen molar-refractivity contribution in [2.45, 2.75) is 138 Å². The molecule has 0 spiro atoms. The molecule has 10 nitrogen and oxygen atoms in total. The van der Waals surface area contributed by atoms with E-state index in [0.29, 0.717) is 37.2 Å². The van der Waals surface area contributed by atoms with E-state index in [1.54, 1.807) is 32.0 Å². The average Bonchev–Trinajstić information content (AvgIpc) is 3.68. The number of carbonyl (C=O) groups is 2. The third-order valence-corrected chi connectivity index (χ3v) is 21.1. The minimum atomic E-state index is -2.82. The lowest BCUT2D eigenvalue weighted by atomic mass is 9.93. The molecule has 5 aromatic carbocycles. The lowest BCUT2D eigenvalue weighted by molar-refractivity contribution is -0.156. The van der Waals surface area contributed by atoms with Crippen LogP contribution in [0.1, 0.15) is 97.9 Å². The van der Waals surface area contributed by atoms with Gasteiger partial charge in [0.25, 0.3) is 8.32 Å². The van der Waals surface area contributed by atoms with Crippen molar-refractivity contribution < 1.29 is 47.2 Å². The topological polar surface area (TPSA) is 108 Å². The zero-order chi connectivity index (χ0) is 52.1. The Morgan fingerprint density at radius 2 is 1.38 bits per heavy atom. The zero-order valence-corrected chi connectivity index (χ0v) is 47.2. The number of methoxy groups -OCH3 is 3. The third kappa shape index (κ3) is 14.8. The van der Waals surface area contributed by atoms with Crippen LogP contribution in [0, 0.1) is 0 Å². The smallest absolute Gasteiger partial charge is 0.339 e. The van der Waals surface area contributed by atoms with Crippen molar-refractivity contribution in [1.29, 1.82) is 0 Å². The predicted octanol–water partition coefficient (Wildman–Crippen LogP) is 12.6. The summed E-state index contributed by atoms with van der Waals surface area (Å²) in [6.45, 7) is 20.1. The first-order valence-corrected chi connectivity index (χ1v) is 31.5. The average molecular weight is 1030 g/mol. The van der Waals surface area contributed by atoms with Gasteiger partial charge in [0, 0.05) is 24.3 Å². The molecule has 0 aliphatic carbocycles. The molecule has 1 fully saturated rings. The van der Waals surface area contributed by atoms with Gasteiger partial charge in [-0.3, -0.25) is 0 Å². The summed E-state index contributed by atoms with van der Waals surface area (Å²) in [4.78, 5) is 28.9. The van der Waals surface area contributed by atoms with Gasteiger partial charge in [-0.2, -0.15) is 0 Å². The van der Waals surface area contributed by atoms with Crippen LogP contribution in [0.15, 0.2) is 144 Å². The Morgan fingerprint density at radius 3 is 1.93 bits per heavy atom. The van der Waals surface area contributed by atoms with Gasteiger partial charge in [-0.15, -0.1) is 11.8 Å². The maximum absolute atomic E-state index is 14.3. The van der Waals surface area contributed by atoms with Crippen molar-refractivity contribution in [3.63, 3.8) is 0 Å². The van der Waals surface area contributed by atoms with Crippen LogP contribution in [0.2, 0.25) is 30.7 Å². The molecular formula is C59H76O10SSi2. The highest BCUT2D eigenvalue weighted by Crippen LogP contribution is 2.45. The Labute approximate surface area is 435 Å². The standard InChI is InChI=1S/C59H76O10SSi2/c1-42(69-72(58(2,3)4,47-26-18-14-19-27-47)48-28-20-15-21-29-48)23-22-30-51(66-41-43-31-33-44(62-7)34-32-43)55-52(67-59(5,6)68-55)35-36-53(70-46-24-16-13-17-25-46)49-39-45(63-8)40-50(56(60)64-9)54(49)57(61)65-37-38-71(10,11)12/h13-22,24-34,39-40,42,51-53,55H,23,35-38,41H2,1-12H3/b30-22-/t42-,51?,52-,53?,55+/m0/s1. The lowest BCUT2D eigenvalue weighted by Gasteiger charge is -2.44. The van der Waals surface area contributed by atoms with Crippen LogP contribution in [0.3, 0.4) is 0 Å². The van der Waals surface area contributed by atoms with Crippen molar-refractivity contribution in [2.75, 3.05) is 27.9 Å². The lowest BCUT2D eigenvalue weighted by Crippen LogP contribution is -2.67. The van der Waals surface area contributed by atoms with Crippen molar-refractivity contribution >= 4 is 50.5 Å². The van der Waals surface area contributed by atoms with Crippen molar-refractivity contribution in [3.05, 3.63) is 162 Å². The molecule has 72 heavy (non-hydrogen) atoms. The van der Waals surface area contributed by atoms with E-state index < -0.39 is 52.4 Å². The normalized spacial score (nSPS) is 17.3. The van der Waals surface area contributed by atoms with Crippen LogP contribution in [-0.4, -0.2) is 86.5 Å². The molecular weight excluding hydrogens is 957 g/mol. The largest absolute Gasteiger partial charge is 0.497 e.